The molecule has 0 aliphatic carbocycles. The van der Waals surface area contributed by atoms with E-state index in [4.69, 9.17) is 17.0 Å². The Kier molecular flexibility index (Phi) is 5.10. The molecule has 1 heterocycles. The number of para-hydroxylation sites is 1. The fourth-order valence-corrected chi connectivity index (χ4v) is 2.06. The van der Waals surface area contributed by atoms with E-state index in [1.807, 2.05) is 6.92 Å². The summed E-state index contributed by atoms with van der Waals surface area (Å²) in [6.07, 6.45) is 3.26. The predicted octanol–water partition coefficient (Wildman–Crippen LogP) is 2.88. The van der Waals surface area contributed by atoms with Crippen LogP contribution in [0.1, 0.15) is 31.7 Å². The van der Waals surface area contributed by atoms with E-state index >= 15 is 0 Å². The Morgan fingerprint density at radius 1 is 1.48 bits per heavy atom. The first-order valence-electron chi connectivity index (χ1n) is 6.82. The number of aryl methyl sites for hydroxylation is 1. The van der Waals surface area contributed by atoms with Crippen LogP contribution in [0.5, 0.6) is 11.5 Å². The number of hydrogen-bond acceptors (Lipinski definition) is 5. The summed E-state index contributed by atoms with van der Waals surface area (Å²) < 4.78 is 7.33. The second-order valence-electron chi connectivity index (χ2n) is 4.38. The van der Waals surface area contributed by atoms with Gasteiger partial charge in [0.2, 0.25) is 4.77 Å². The molecule has 6 nitrogen and oxygen atoms in total. The lowest BCUT2D eigenvalue weighted by Crippen LogP contribution is -1.99. The summed E-state index contributed by atoms with van der Waals surface area (Å²) in [5.41, 5.74) is 0.562. The highest BCUT2D eigenvalue weighted by molar-refractivity contribution is 7.71. The van der Waals surface area contributed by atoms with Crippen LogP contribution < -0.4 is 4.74 Å². The summed E-state index contributed by atoms with van der Waals surface area (Å²) in [6.45, 7) is 4.41. The summed E-state index contributed by atoms with van der Waals surface area (Å²) in [5.74, 6) is 1.26. The molecule has 1 aromatic carbocycles. The van der Waals surface area contributed by atoms with Gasteiger partial charge in [-0.2, -0.15) is 14.9 Å². The lowest BCUT2D eigenvalue weighted by atomic mass is 10.2. The van der Waals surface area contributed by atoms with Crippen molar-refractivity contribution in [1.29, 1.82) is 0 Å². The maximum absolute atomic E-state index is 10.1. The van der Waals surface area contributed by atoms with Gasteiger partial charge in [-0.05, 0) is 37.7 Å². The van der Waals surface area contributed by atoms with Crippen molar-refractivity contribution in [3.8, 4) is 11.5 Å². The molecular formula is C14H18N4O2S. The number of rotatable bonds is 6. The number of ether oxygens (including phenoxy) is 1. The number of aromatic nitrogens is 3. The first-order chi connectivity index (χ1) is 10.2. The molecule has 0 unspecified atom stereocenters. The van der Waals surface area contributed by atoms with Crippen molar-refractivity contribution in [2.45, 2.75) is 26.7 Å². The van der Waals surface area contributed by atoms with Gasteiger partial charge in [-0.1, -0.05) is 13.0 Å². The summed E-state index contributed by atoms with van der Waals surface area (Å²) in [5, 5.41) is 21.3. The number of H-pyrrole nitrogens is 1. The molecule has 0 fully saturated rings. The molecule has 0 saturated heterocycles. The topological polar surface area (TPSA) is 75.4 Å². The largest absolute Gasteiger partial charge is 0.504 e. The molecule has 0 amide bonds. The number of aromatic hydroxyl groups is 1. The third kappa shape index (κ3) is 3.49. The Morgan fingerprint density at radius 2 is 2.29 bits per heavy atom. The number of nitrogens with one attached hydrogen (secondary N) is 1. The molecule has 0 atom stereocenters. The second-order valence-corrected chi connectivity index (χ2v) is 4.77. The van der Waals surface area contributed by atoms with E-state index in [2.05, 4.69) is 22.2 Å². The van der Waals surface area contributed by atoms with Crippen molar-refractivity contribution in [3.63, 3.8) is 0 Å². The van der Waals surface area contributed by atoms with Crippen LogP contribution in [0.15, 0.2) is 23.3 Å². The molecule has 0 aliphatic rings. The number of hydrogen-bond donors (Lipinski definition) is 2. The lowest BCUT2D eigenvalue weighted by molar-refractivity contribution is 0.318. The molecule has 0 spiro atoms. The average molecular weight is 306 g/mol. The smallest absolute Gasteiger partial charge is 0.216 e. The van der Waals surface area contributed by atoms with Gasteiger partial charge >= 0.3 is 0 Å². The Bertz CT molecular complexity index is 691. The van der Waals surface area contributed by atoms with E-state index in [0.29, 0.717) is 22.7 Å². The minimum atomic E-state index is 0.0650. The number of aromatic amines is 1. The number of phenols is 1. The van der Waals surface area contributed by atoms with Crippen molar-refractivity contribution in [1.82, 2.24) is 14.9 Å². The summed E-state index contributed by atoms with van der Waals surface area (Å²) in [7, 11) is 0. The van der Waals surface area contributed by atoms with Gasteiger partial charge in [0, 0.05) is 12.0 Å². The molecule has 2 rings (SSSR count). The van der Waals surface area contributed by atoms with E-state index in [1.54, 1.807) is 29.1 Å². The highest BCUT2D eigenvalue weighted by atomic mass is 32.1. The predicted molar refractivity (Wildman–Crippen MR) is 83.7 cm³/mol. The zero-order valence-electron chi connectivity index (χ0n) is 12.0. The summed E-state index contributed by atoms with van der Waals surface area (Å²) in [4.78, 5) is 0. The van der Waals surface area contributed by atoms with Crippen molar-refractivity contribution in [3.05, 3.63) is 34.4 Å². The van der Waals surface area contributed by atoms with Crippen LogP contribution in [-0.4, -0.2) is 32.8 Å². The molecule has 112 valence electrons. The highest BCUT2D eigenvalue weighted by Crippen LogP contribution is 2.28. The van der Waals surface area contributed by atoms with Crippen molar-refractivity contribution in [2.24, 2.45) is 5.10 Å². The molecule has 0 aliphatic heterocycles. The van der Waals surface area contributed by atoms with Gasteiger partial charge in [0.05, 0.1) is 12.8 Å². The lowest BCUT2D eigenvalue weighted by Gasteiger charge is -2.07. The van der Waals surface area contributed by atoms with Crippen molar-refractivity contribution in [2.75, 3.05) is 6.61 Å². The zero-order chi connectivity index (χ0) is 15.2. The van der Waals surface area contributed by atoms with Crippen LogP contribution in [0, 0.1) is 4.77 Å². The van der Waals surface area contributed by atoms with Crippen LogP contribution in [0.4, 0.5) is 0 Å². The van der Waals surface area contributed by atoms with Gasteiger partial charge in [0.15, 0.2) is 17.3 Å². The monoisotopic (exact) mass is 306 g/mol. The molecule has 2 N–H and O–H groups in total. The molecule has 2 aromatic rings. The van der Waals surface area contributed by atoms with Gasteiger partial charge in [-0.3, -0.25) is 5.10 Å². The van der Waals surface area contributed by atoms with Crippen LogP contribution in [0.25, 0.3) is 0 Å². The minimum Gasteiger partial charge on any atom is -0.504 e. The fourth-order valence-electron chi connectivity index (χ4n) is 1.86. The maximum Gasteiger partial charge on any atom is 0.216 e. The molecule has 1 aromatic heterocycles. The zero-order valence-corrected chi connectivity index (χ0v) is 12.9. The van der Waals surface area contributed by atoms with Crippen LogP contribution in [0.2, 0.25) is 0 Å². The molecule has 0 bridgehead atoms. The van der Waals surface area contributed by atoms with Gasteiger partial charge in [-0.25, -0.2) is 0 Å². The Labute approximate surface area is 128 Å². The number of benzene rings is 1. The van der Waals surface area contributed by atoms with E-state index < -0.39 is 0 Å². The van der Waals surface area contributed by atoms with Gasteiger partial charge < -0.3 is 9.84 Å². The minimum absolute atomic E-state index is 0.0650. The molecule has 21 heavy (non-hydrogen) atoms. The quantitative estimate of drug-likeness (QED) is 0.635. The SMILES string of the molecule is CCCc1n[nH]c(=S)n1/N=C\c1cccc(OCC)c1O. The Hall–Kier alpha value is -2.15. The fraction of sp³-hybridized carbons (Fsp3) is 0.357. The Balaban J connectivity index is 2.32. The number of nitrogens with zero attached hydrogens (tertiary/aromatic N) is 3. The molecule has 0 radical (unpaired) electrons. The average Bonchev–Trinajstić information content (AvgIpc) is 2.81. The van der Waals surface area contributed by atoms with Crippen LogP contribution in [-0.2, 0) is 6.42 Å². The van der Waals surface area contributed by atoms with E-state index in [1.165, 1.54) is 0 Å². The third-order valence-corrected chi connectivity index (χ3v) is 3.10. The Morgan fingerprint density at radius 3 is 3.00 bits per heavy atom. The molecular weight excluding hydrogens is 288 g/mol. The first kappa shape index (κ1) is 15.2. The normalized spacial score (nSPS) is 11.1. The van der Waals surface area contributed by atoms with Gasteiger partial charge in [0.1, 0.15) is 0 Å². The van der Waals surface area contributed by atoms with Crippen molar-refractivity contribution >= 4 is 18.4 Å². The standard InChI is InChI=1S/C14H18N4O2S/c1-3-6-12-16-17-14(21)18(12)15-9-10-7-5-8-11(13(10)19)20-4-2/h5,7-9,19H,3-4,6H2,1-2H3,(H,17,21)/b15-9-. The molecule has 7 heteroatoms. The van der Waals surface area contributed by atoms with Crippen molar-refractivity contribution < 1.29 is 9.84 Å². The summed E-state index contributed by atoms with van der Waals surface area (Å²) >= 11 is 5.15. The van der Waals surface area contributed by atoms with E-state index in [0.717, 1.165) is 18.7 Å². The van der Waals surface area contributed by atoms with Gasteiger partial charge in [-0.15, -0.1) is 0 Å². The van der Waals surface area contributed by atoms with Crippen LogP contribution in [0.3, 0.4) is 0 Å². The first-order valence-corrected chi connectivity index (χ1v) is 7.23. The second kappa shape index (κ2) is 7.03. The summed E-state index contributed by atoms with van der Waals surface area (Å²) in [6, 6.07) is 5.26. The van der Waals surface area contributed by atoms with Gasteiger partial charge in [0.25, 0.3) is 0 Å². The van der Waals surface area contributed by atoms with Crippen LogP contribution >= 0.6 is 12.2 Å². The maximum atomic E-state index is 10.1. The van der Waals surface area contributed by atoms with E-state index in [9.17, 15) is 5.11 Å². The third-order valence-electron chi connectivity index (χ3n) is 2.83. The van der Waals surface area contributed by atoms with E-state index in [-0.39, 0.29) is 5.75 Å². The highest BCUT2D eigenvalue weighted by Gasteiger charge is 2.07. The number of phenolic OH excluding ortho intramolecular Hbond substituents is 1. The molecule has 0 saturated carbocycles.